The summed E-state index contributed by atoms with van der Waals surface area (Å²) in [6, 6.07) is 11.8. The third-order valence-corrected chi connectivity index (χ3v) is 6.42. The number of aryl methyl sites for hydroxylation is 2. The Kier molecular flexibility index (Phi) is 5.64. The van der Waals surface area contributed by atoms with Crippen molar-refractivity contribution in [1.82, 2.24) is 9.55 Å². The lowest BCUT2D eigenvalue weighted by molar-refractivity contribution is 0.602. The van der Waals surface area contributed by atoms with Crippen LogP contribution in [0.5, 0.6) is 0 Å². The van der Waals surface area contributed by atoms with E-state index in [-0.39, 0.29) is 10.6 Å². The van der Waals surface area contributed by atoms with Gasteiger partial charge in [0.25, 0.3) is 11.2 Å². The fraction of sp³-hybridized carbons (Fsp3) is 0.190. The second kappa shape index (κ2) is 7.85. The van der Waals surface area contributed by atoms with E-state index in [1.165, 1.54) is 28.5 Å². The Morgan fingerprint density at radius 3 is 2.24 bits per heavy atom. The minimum Gasteiger partial charge on any atom is -0.282 e. The smallest absolute Gasteiger partial charge is 0.282 e. The molecule has 0 bridgehead atoms. The van der Waals surface area contributed by atoms with Crippen LogP contribution in [0.3, 0.4) is 0 Å². The van der Waals surface area contributed by atoms with Gasteiger partial charge in [0, 0.05) is 17.5 Å². The normalized spacial score (nSPS) is 11.3. The molecule has 0 saturated heterocycles. The highest BCUT2D eigenvalue weighted by Gasteiger charge is 2.19. The van der Waals surface area contributed by atoms with Crippen LogP contribution in [-0.2, 0) is 9.84 Å². The Labute approximate surface area is 174 Å². The van der Waals surface area contributed by atoms with Gasteiger partial charge in [-0.1, -0.05) is 6.07 Å². The standard InChI is InChI=1S/C21H19N3O3S2/c1-13-6-9-16(12-14(13)2)24-19(23-20(28-4)18(22-3)21(24)25)15-7-10-17(11-8-15)29(5,26)27/h6-12H,1-2,4-5H3. The second-order valence-corrected chi connectivity index (χ2v) is 9.42. The molecule has 8 heteroatoms. The van der Waals surface area contributed by atoms with Crippen molar-refractivity contribution in [2.75, 3.05) is 12.5 Å². The molecule has 0 unspecified atom stereocenters. The van der Waals surface area contributed by atoms with Crippen molar-refractivity contribution in [1.29, 1.82) is 0 Å². The minimum atomic E-state index is -3.34. The third-order valence-electron chi connectivity index (χ3n) is 4.62. The van der Waals surface area contributed by atoms with Crippen LogP contribution in [-0.4, -0.2) is 30.5 Å². The Morgan fingerprint density at radius 2 is 1.72 bits per heavy atom. The molecule has 0 spiro atoms. The van der Waals surface area contributed by atoms with Gasteiger partial charge < -0.3 is 0 Å². The van der Waals surface area contributed by atoms with E-state index in [0.717, 1.165) is 17.4 Å². The van der Waals surface area contributed by atoms with Crippen molar-refractivity contribution < 1.29 is 8.42 Å². The highest BCUT2D eigenvalue weighted by Crippen LogP contribution is 2.29. The molecule has 0 saturated carbocycles. The summed E-state index contributed by atoms with van der Waals surface area (Å²) < 4.78 is 24.9. The minimum absolute atomic E-state index is 0.0350. The average molecular weight is 426 g/mol. The molecule has 2 aromatic carbocycles. The number of rotatable bonds is 4. The first-order valence-corrected chi connectivity index (χ1v) is 11.8. The van der Waals surface area contributed by atoms with E-state index in [2.05, 4.69) is 9.83 Å². The van der Waals surface area contributed by atoms with Crippen molar-refractivity contribution in [3.63, 3.8) is 0 Å². The van der Waals surface area contributed by atoms with Gasteiger partial charge in [-0.3, -0.25) is 9.36 Å². The SMILES string of the molecule is [C-]#[N+]c1c(SC)nc(-c2ccc(S(C)(=O)=O)cc2)n(-c2ccc(C)c(C)c2)c1=O. The molecule has 6 nitrogen and oxygen atoms in total. The van der Waals surface area contributed by atoms with E-state index in [4.69, 9.17) is 6.57 Å². The fourth-order valence-electron chi connectivity index (χ4n) is 2.88. The summed E-state index contributed by atoms with van der Waals surface area (Å²) in [6.45, 7) is 11.4. The maximum atomic E-state index is 13.2. The van der Waals surface area contributed by atoms with Gasteiger partial charge in [-0.25, -0.2) is 18.2 Å². The van der Waals surface area contributed by atoms with Gasteiger partial charge in [0.05, 0.1) is 11.5 Å². The van der Waals surface area contributed by atoms with Gasteiger partial charge in [0.2, 0.25) is 0 Å². The molecule has 3 rings (SSSR count). The van der Waals surface area contributed by atoms with Crippen molar-refractivity contribution in [3.05, 3.63) is 75.4 Å². The summed E-state index contributed by atoms with van der Waals surface area (Å²) in [5.74, 6) is 0.357. The molecule has 0 radical (unpaired) electrons. The van der Waals surface area contributed by atoms with Crippen LogP contribution < -0.4 is 5.56 Å². The summed E-state index contributed by atoms with van der Waals surface area (Å²) in [5, 5.41) is 0.340. The predicted molar refractivity (Wildman–Crippen MR) is 116 cm³/mol. The molecule has 0 aliphatic rings. The molecule has 1 heterocycles. The topological polar surface area (TPSA) is 73.4 Å². The molecule has 0 fully saturated rings. The van der Waals surface area contributed by atoms with E-state index in [0.29, 0.717) is 22.1 Å². The highest BCUT2D eigenvalue weighted by molar-refractivity contribution is 7.98. The number of nitrogens with zero attached hydrogens (tertiary/aromatic N) is 3. The van der Waals surface area contributed by atoms with Crippen molar-refractivity contribution >= 4 is 27.3 Å². The van der Waals surface area contributed by atoms with Gasteiger partial charge in [-0.2, -0.15) is 0 Å². The van der Waals surface area contributed by atoms with Gasteiger partial charge >= 0.3 is 0 Å². The van der Waals surface area contributed by atoms with Crippen molar-refractivity contribution in [3.8, 4) is 17.1 Å². The van der Waals surface area contributed by atoms with E-state index >= 15 is 0 Å². The Bertz CT molecular complexity index is 1300. The molecular weight excluding hydrogens is 406 g/mol. The third kappa shape index (κ3) is 3.97. The monoisotopic (exact) mass is 425 g/mol. The van der Waals surface area contributed by atoms with Crippen LogP contribution in [0.25, 0.3) is 21.9 Å². The Morgan fingerprint density at radius 1 is 1.07 bits per heavy atom. The zero-order chi connectivity index (χ0) is 21.3. The lowest BCUT2D eigenvalue weighted by Crippen LogP contribution is -2.22. The summed E-state index contributed by atoms with van der Waals surface area (Å²) in [7, 11) is -3.34. The van der Waals surface area contributed by atoms with Crippen LogP contribution in [0.2, 0.25) is 0 Å². The molecular formula is C21H19N3O3S2. The van der Waals surface area contributed by atoms with Gasteiger partial charge in [0.15, 0.2) is 9.84 Å². The lowest BCUT2D eigenvalue weighted by atomic mass is 10.1. The number of benzene rings is 2. The predicted octanol–water partition coefficient (Wildman–Crippen LogP) is 4.19. The van der Waals surface area contributed by atoms with E-state index < -0.39 is 15.4 Å². The zero-order valence-corrected chi connectivity index (χ0v) is 18.1. The quantitative estimate of drug-likeness (QED) is 0.356. The maximum absolute atomic E-state index is 13.2. The first-order chi connectivity index (χ1) is 13.7. The molecule has 0 amide bonds. The Balaban J connectivity index is 2.36. The van der Waals surface area contributed by atoms with E-state index in [1.54, 1.807) is 18.4 Å². The largest absolute Gasteiger partial charge is 0.282 e. The summed E-state index contributed by atoms with van der Waals surface area (Å²) >= 11 is 1.23. The van der Waals surface area contributed by atoms with Gasteiger partial charge in [-0.15, -0.1) is 11.8 Å². The van der Waals surface area contributed by atoms with E-state index in [1.807, 2.05) is 32.0 Å². The number of thioether (sulfide) groups is 1. The average Bonchev–Trinajstić information content (AvgIpc) is 2.69. The Hall–Kier alpha value is -2.89. The summed E-state index contributed by atoms with van der Waals surface area (Å²) in [4.78, 5) is 21.4. The number of hydrogen-bond acceptors (Lipinski definition) is 5. The van der Waals surface area contributed by atoms with Gasteiger partial charge in [0.1, 0.15) is 10.9 Å². The summed E-state index contributed by atoms with van der Waals surface area (Å²) in [5.41, 5.74) is 2.79. The molecule has 0 atom stereocenters. The number of aromatic nitrogens is 2. The lowest BCUT2D eigenvalue weighted by Gasteiger charge is -2.16. The number of sulfone groups is 1. The molecule has 29 heavy (non-hydrogen) atoms. The number of hydrogen-bond donors (Lipinski definition) is 0. The van der Waals surface area contributed by atoms with Crippen molar-refractivity contribution in [2.45, 2.75) is 23.8 Å². The van der Waals surface area contributed by atoms with Crippen molar-refractivity contribution in [2.24, 2.45) is 0 Å². The first kappa shape index (κ1) is 20.8. The van der Waals surface area contributed by atoms with Crippen LogP contribution in [0.1, 0.15) is 11.1 Å². The molecule has 0 aliphatic carbocycles. The van der Waals surface area contributed by atoms with Crippen LogP contribution in [0.4, 0.5) is 5.69 Å². The highest BCUT2D eigenvalue weighted by atomic mass is 32.2. The molecule has 1 aromatic heterocycles. The molecule has 0 N–H and O–H groups in total. The fourth-order valence-corrected chi connectivity index (χ4v) is 4.01. The van der Waals surface area contributed by atoms with Crippen LogP contribution in [0, 0.1) is 20.4 Å². The molecule has 3 aromatic rings. The first-order valence-electron chi connectivity index (χ1n) is 8.64. The van der Waals surface area contributed by atoms with E-state index in [9.17, 15) is 13.2 Å². The molecule has 148 valence electrons. The van der Waals surface area contributed by atoms with Crippen LogP contribution in [0.15, 0.2) is 57.2 Å². The summed E-state index contributed by atoms with van der Waals surface area (Å²) in [6.07, 6.45) is 2.90. The second-order valence-electron chi connectivity index (χ2n) is 6.61. The van der Waals surface area contributed by atoms with Crippen LogP contribution >= 0.6 is 11.8 Å². The maximum Gasteiger partial charge on any atom is 0.282 e. The zero-order valence-electron chi connectivity index (χ0n) is 16.4. The molecule has 0 aliphatic heterocycles. The van der Waals surface area contributed by atoms with Gasteiger partial charge in [-0.05, 0) is 67.6 Å².